The maximum absolute atomic E-state index is 12.4. The first kappa shape index (κ1) is 20.6. The summed E-state index contributed by atoms with van der Waals surface area (Å²) in [6, 6.07) is 18.5. The minimum absolute atomic E-state index is 0.0541. The van der Waals surface area contributed by atoms with Crippen molar-refractivity contribution in [2.45, 2.75) is 19.8 Å². The predicted molar refractivity (Wildman–Crippen MR) is 114 cm³/mol. The average molecular weight is 401 g/mol. The van der Waals surface area contributed by atoms with Crippen LogP contribution in [0.3, 0.4) is 0 Å². The Labute approximate surface area is 173 Å². The Kier molecular flexibility index (Phi) is 6.08. The van der Waals surface area contributed by atoms with Gasteiger partial charge >= 0.3 is 0 Å². The van der Waals surface area contributed by atoms with E-state index >= 15 is 0 Å². The van der Waals surface area contributed by atoms with Crippen LogP contribution < -0.4 is 5.32 Å². The van der Waals surface area contributed by atoms with Gasteiger partial charge < -0.3 is 9.73 Å². The topological polar surface area (TPSA) is 109 Å². The van der Waals surface area contributed by atoms with Gasteiger partial charge in [0.15, 0.2) is 0 Å². The minimum atomic E-state index is -0.553. The Balaban J connectivity index is 1.78. The zero-order valence-corrected chi connectivity index (χ0v) is 16.5. The Morgan fingerprint density at radius 1 is 1.17 bits per heavy atom. The van der Waals surface area contributed by atoms with E-state index in [1.165, 1.54) is 18.2 Å². The highest BCUT2D eigenvalue weighted by atomic mass is 16.6. The van der Waals surface area contributed by atoms with E-state index in [4.69, 9.17) is 4.42 Å². The highest BCUT2D eigenvalue weighted by Gasteiger charge is 2.13. The lowest BCUT2D eigenvalue weighted by atomic mass is 10.0. The molecule has 0 unspecified atom stereocenters. The number of nitrogens with zero attached hydrogens (tertiary/aromatic N) is 2. The Bertz CT molecular complexity index is 1150. The van der Waals surface area contributed by atoms with E-state index in [9.17, 15) is 20.2 Å². The van der Waals surface area contributed by atoms with Gasteiger partial charge in [-0.2, -0.15) is 5.26 Å². The van der Waals surface area contributed by atoms with Gasteiger partial charge in [-0.1, -0.05) is 38.1 Å². The normalized spacial score (nSPS) is 11.2. The number of nitrogens with one attached hydrogen (secondary N) is 1. The molecule has 1 aromatic heterocycles. The average Bonchev–Trinajstić information content (AvgIpc) is 3.21. The second-order valence-corrected chi connectivity index (χ2v) is 6.91. The molecular weight excluding hydrogens is 382 g/mol. The summed E-state index contributed by atoms with van der Waals surface area (Å²) in [5.41, 5.74) is 2.08. The first-order valence-corrected chi connectivity index (χ1v) is 9.25. The number of amides is 1. The Morgan fingerprint density at radius 3 is 2.53 bits per heavy atom. The maximum atomic E-state index is 12.4. The number of rotatable bonds is 6. The fraction of sp³-hybridized carbons (Fsp3) is 0.130. The van der Waals surface area contributed by atoms with Gasteiger partial charge in [-0.15, -0.1) is 0 Å². The summed E-state index contributed by atoms with van der Waals surface area (Å²) in [6.07, 6.45) is 1.33. The number of carbonyl (C=O) groups is 1. The molecule has 0 aliphatic rings. The van der Waals surface area contributed by atoms with Gasteiger partial charge in [-0.3, -0.25) is 14.9 Å². The van der Waals surface area contributed by atoms with E-state index < -0.39 is 10.8 Å². The van der Waals surface area contributed by atoms with Gasteiger partial charge in [0.25, 0.3) is 11.6 Å². The quantitative estimate of drug-likeness (QED) is 0.253. The van der Waals surface area contributed by atoms with Crippen molar-refractivity contribution < 1.29 is 14.1 Å². The molecule has 0 bridgehead atoms. The summed E-state index contributed by atoms with van der Waals surface area (Å²) in [6.45, 7) is 4.16. The number of carbonyl (C=O) groups excluding carboxylic acids is 1. The van der Waals surface area contributed by atoms with Crippen LogP contribution in [-0.2, 0) is 4.79 Å². The maximum Gasteiger partial charge on any atom is 0.270 e. The van der Waals surface area contributed by atoms with E-state index in [-0.39, 0.29) is 11.3 Å². The largest absolute Gasteiger partial charge is 0.457 e. The van der Waals surface area contributed by atoms with Crippen molar-refractivity contribution in [1.82, 2.24) is 0 Å². The summed E-state index contributed by atoms with van der Waals surface area (Å²) in [5.74, 6) is 0.511. The van der Waals surface area contributed by atoms with Crippen LogP contribution in [0.15, 0.2) is 70.7 Å². The number of furan rings is 1. The number of hydrogen-bond donors (Lipinski definition) is 1. The van der Waals surface area contributed by atoms with Crippen molar-refractivity contribution in [2.24, 2.45) is 0 Å². The lowest BCUT2D eigenvalue weighted by molar-refractivity contribution is -0.384. The van der Waals surface area contributed by atoms with Gasteiger partial charge in [0.2, 0.25) is 0 Å². The smallest absolute Gasteiger partial charge is 0.270 e. The molecule has 1 heterocycles. The van der Waals surface area contributed by atoms with Crippen molar-refractivity contribution in [3.05, 3.63) is 87.7 Å². The molecule has 0 saturated heterocycles. The van der Waals surface area contributed by atoms with E-state index in [1.807, 2.05) is 18.2 Å². The lowest BCUT2D eigenvalue weighted by Crippen LogP contribution is -2.13. The molecule has 0 radical (unpaired) electrons. The van der Waals surface area contributed by atoms with E-state index in [1.54, 1.807) is 36.4 Å². The molecule has 1 N–H and O–H groups in total. The highest BCUT2D eigenvalue weighted by molar-refractivity contribution is 6.09. The van der Waals surface area contributed by atoms with Crippen LogP contribution in [0.4, 0.5) is 11.4 Å². The molecular formula is C23H19N3O4. The second kappa shape index (κ2) is 8.88. The van der Waals surface area contributed by atoms with Crippen LogP contribution in [0.5, 0.6) is 0 Å². The molecule has 1 amide bonds. The molecule has 0 aliphatic carbocycles. The number of hydrogen-bond acceptors (Lipinski definition) is 5. The van der Waals surface area contributed by atoms with Gasteiger partial charge in [0, 0.05) is 29.5 Å². The van der Waals surface area contributed by atoms with Crippen LogP contribution in [-0.4, -0.2) is 10.8 Å². The van der Waals surface area contributed by atoms with Crippen molar-refractivity contribution in [3.8, 4) is 17.4 Å². The Morgan fingerprint density at radius 2 is 1.90 bits per heavy atom. The molecule has 7 heteroatoms. The first-order valence-electron chi connectivity index (χ1n) is 9.25. The summed E-state index contributed by atoms with van der Waals surface area (Å²) >= 11 is 0. The molecule has 7 nitrogen and oxygen atoms in total. The van der Waals surface area contributed by atoms with Crippen LogP contribution in [0.1, 0.15) is 31.1 Å². The third-order valence-corrected chi connectivity index (χ3v) is 4.46. The number of anilines is 1. The number of nitriles is 1. The van der Waals surface area contributed by atoms with E-state index in [2.05, 4.69) is 19.2 Å². The third kappa shape index (κ3) is 4.80. The van der Waals surface area contributed by atoms with Gasteiger partial charge in [0.1, 0.15) is 23.2 Å². The van der Waals surface area contributed by atoms with Gasteiger partial charge in [-0.05, 0) is 35.7 Å². The van der Waals surface area contributed by atoms with Crippen molar-refractivity contribution in [2.75, 3.05) is 5.32 Å². The minimum Gasteiger partial charge on any atom is -0.457 e. The molecule has 30 heavy (non-hydrogen) atoms. The fourth-order valence-electron chi connectivity index (χ4n) is 2.80. The summed E-state index contributed by atoms with van der Waals surface area (Å²) in [7, 11) is 0. The second-order valence-electron chi connectivity index (χ2n) is 6.91. The Hall–Kier alpha value is -4.18. The van der Waals surface area contributed by atoms with E-state index in [0.29, 0.717) is 28.7 Å². The number of nitro benzene ring substituents is 1. The first-order chi connectivity index (χ1) is 14.4. The standard InChI is InChI=1S/C23H19N3O4/c1-15(2)16-6-8-19(9-7-16)25-23(27)18(14-24)13-21-10-11-22(30-21)17-4-3-5-20(12-17)26(28)29/h3-13,15H,1-2H3,(H,25,27)/b18-13+. The fourth-order valence-corrected chi connectivity index (χ4v) is 2.80. The molecule has 0 saturated carbocycles. The highest BCUT2D eigenvalue weighted by Crippen LogP contribution is 2.26. The third-order valence-electron chi connectivity index (χ3n) is 4.46. The lowest BCUT2D eigenvalue weighted by Gasteiger charge is -2.08. The summed E-state index contributed by atoms with van der Waals surface area (Å²) in [4.78, 5) is 22.9. The molecule has 2 aromatic carbocycles. The summed E-state index contributed by atoms with van der Waals surface area (Å²) in [5, 5.41) is 23.0. The zero-order valence-electron chi connectivity index (χ0n) is 16.5. The van der Waals surface area contributed by atoms with Gasteiger partial charge in [-0.25, -0.2) is 0 Å². The van der Waals surface area contributed by atoms with Crippen LogP contribution >= 0.6 is 0 Å². The predicted octanol–water partition coefficient (Wildman–Crippen LogP) is 5.52. The molecule has 3 rings (SSSR count). The summed E-state index contributed by atoms with van der Waals surface area (Å²) < 4.78 is 5.65. The monoisotopic (exact) mass is 401 g/mol. The molecule has 0 aliphatic heterocycles. The van der Waals surface area contributed by atoms with Crippen molar-refractivity contribution >= 4 is 23.4 Å². The molecule has 0 fully saturated rings. The van der Waals surface area contributed by atoms with Crippen LogP contribution in [0.25, 0.3) is 17.4 Å². The number of non-ortho nitro benzene ring substituents is 1. The molecule has 3 aromatic rings. The van der Waals surface area contributed by atoms with E-state index in [0.717, 1.165) is 5.56 Å². The SMILES string of the molecule is CC(C)c1ccc(NC(=O)/C(C#N)=C/c2ccc(-c3cccc([N+](=O)[O-])c3)o2)cc1. The number of nitro groups is 1. The molecule has 0 spiro atoms. The molecule has 150 valence electrons. The van der Waals surface area contributed by atoms with Gasteiger partial charge in [0.05, 0.1) is 4.92 Å². The van der Waals surface area contributed by atoms with Crippen molar-refractivity contribution in [1.29, 1.82) is 5.26 Å². The zero-order chi connectivity index (χ0) is 21.7. The number of benzene rings is 2. The van der Waals surface area contributed by atoms with Crippen LogP contribution in [0.2, 0.25) is 0 Å². The van der Waals surface area contributed by atoms with Crippen LogP contribution in [0, 0.1) is 21.4 Å². The van der Waals surface area contributed by atoms with Crippen molar-refractivity contribution in [3.63, 3.8) is 0 Å². The molecule has 0 atom stereocenters.